The van der Waals surface area contributed by atoms with Crippen LogP contribution in [0.5, 0.6) is 0 Å². The first kappa shape index (κ1) is 6.20. The molecular weight excluding hydrogens is 116 g/mol. The minimum atomic E-state index is 0.770. The van der Waals surface area contributed by atoms with Crippen LogP contribution in [-0.2, 0) is 9.47 Å². The number of rotatable bonds is 1. The largest absolute Gasteiger partial charge is 0.504 e. The molecule has 2 nitrogen and oxygen atoms in total. The highest BCUT2D eigenvalue weighted by atomic mass is 16.5. The molecule has 1 heterocycles. The van der Waals surface area contributed by atoms with Crippen LogP contribution in [0.15, 0.2) is 24.2 Å². The normalized spacial score (nSPS) is 21.7. The Morgan fingerprint density at radius 1 is 1.78 bits per heavy atom. The summed E-state index contributed by atoms with van der Waals surface area (Å²) in [5.74, 6) is 0. The zero-order valence-electron chi connectivity index (χ0n) is 5.46. The minimum Gasteiger partial charge on any atom is -0.504 e. The maximum atomic E-state index is 4.97. The Morgan fingerprint density at radius 3 is 3.22 bits per heavy atom. The molecule has 0 aromatic carbocycles. The van der Waals surface area contributed by atoms with E-state index in [1.54, 1.807) is 19.6 Å². The van der Waals surface area contributed by atoms with Gasteiger partial charge in [0, 0.05) is 6.42 Å². The van der Waals surface area contributed by atoms with Crippen molar-refractivity contribution in [2.24, 2.45) is 0 Å². The summed E-state index contributed by atoms with van der Waals surface area (Å²) in [6.45, 7) is 0.770. The lowest BCUT2D eigenvalue weighted by atomic mass is 10.2. The van der Waals surface area contributed by atoms with Gasteiger partial charge in [-0.1, -0.05) is 0 Å². The van der Waals surface area contributed by atoms with Crippen molar-refractivity contribution in [3.63, 3.8) is 0 Å². The van der Waals surface area contributed by atoms with Gasteiger partial charge in [-0.05, 0) is 11.6 Å². The summed E-state index contributed by atoms with van der Waals surface area (Å²) in [6.07, 6.45) is 6.28. The molecule has 0 spiro atoms. The highest BCUT2D eigenvalue weighted by Crippen LogP contribution is 2.08. The summed E-state index contributed by atoms with van der Waals surface area (Å²) < 4.78 is 9.78. The van der Waals surface area contributed by atoms with Gasteiger partial charge in [-0.2, -0.15) is 0 Å². The molecular formula is C7H10O2. The van der Waals surface area contributed by atoms with Gasteiger partial charge >= 0.3 is 0 Å². The smallest absolute Gasteiger partial charge is 0.0914 e. The Hall–Kier alpha value is -0.920. The van der Waals surface area contributed by atoms with E-state index in [1.807, 2.05) is 6.08 Å². The van der Waals surface area contributed by atoms with E-state index in [0.717, 1.165) is 13.0 Å². The number of allylic oxidation sites excluding steroid dienone is 1. The van der Waals surface area contributed by atoms with E-state index in [4.69, 9.17) is 9.47 Å². The van der Waals surface area contributed by atoms with Crippen LogP contribution in [0, 0.1) is 0 Å². The van der Waals surface area contributed by atoms with Crippen LogP contribution in [0.4, 0.5) is 0 Å². The molecule has 0 N–H and O–H groups in total. The van der Waals surface area contributed by atoms with Crippen molar-refractivity contribution >= 4 is 0 Å². The minimum absolute atomic E-state index is 0.770. The molecule has 0 atom stereocenters. The molecule has 0 saturated heterocycles. The first-order valence-electron chi connectivity index (χ1n) is 2.93. The van der Waals surface area contributed by atoms with E-state index in [-0.39, 0.29) is 0 Å². The second kappa shape index (κ2) is 3.17. The fraction of sp³-hybridized carbons (Fsp3) is 0.429. The first-order chi connectivity index (χ1) is 4.43. The van der Waals surface area contributed by atoms with Crippen molar-refractivity contribution in [3.05, 3.63) is 24.2 Å². The molecule has 1 aliphatic heterocycles. The van der Waals surface area contributed by atoms with Gasteiger partial charge in [0.2, 0.25) is 0 Å². The highest BCUT2D eigenvalue weighted by Gasteiger charge is 1.97. The zero-order valence-corrected chi connectivity index (χ0v) is 5.46. The Labute approximate surface area is 54.8 Å². The van der Waals surface area contributed by atoms with Gasteiger partial charge in [-0.25, -0.2) is 0 Å². The summed E-state index contributed by atoms with van der Waals surface area (Å²) in [5.41, 5.74) is 1.18. The lowest BCUT2D eigenvalue weighted by molar-refractivity contribution is 0.241. The summed E-state index contributed by atoms with van der Waals surface area (Å²) in [6, 6.07) is 0. The van der Waals surface area contributed by atoms with Gasteiger partial charge in [-0.3, -0.25) is 0 Å². The van der Waals surface area contributed by atoms with E-state index in [1.165, 1.54) is 5.57 Å². The zero-order chi connectivity index (χ0) is 6.53. The highest BCUT2D eigenvalue weighted by molar-refractivity contribution is 5.16. The Morgan fingerprint density at radius 2 is 2.67 bits per heavy atom. The Kier molecular flexibility index (Phi) is 2.19. The lowest BCUT2D eigenvalue weighted by Crippen LogP contribution is -1.95. The molecule has 0 fully saturated rings. The maximum Gasteiger partial charge on any atom is 0.0914 e. The van der Waals surface area contributed by atoms with Gasteiger partial charge in [-0.15, -0.1) is 0 Å². The van der Waals surface area contributed by atoms with Crippen molar-refractivity contribution in [3.8, 4) is 0 Å². The van der Waals surface area contributed by atoms with Crippen LogP contribution in [0.2, 0.25) is 0 Å². The number of hydrogen-bond donors (Lipinski definition) is 0. The molecule has 0 amide bonds. The SMILES string of the molecule is CO/C=C1\C=COCC1. The van der Waals surface area contributed by atoms with Crippen LogP contribution < -0.4 is 0 Å². The van der Waals surface area contributed by atoms with Gasteiger partial charge in [0.05, 0.1) is 26.2 Å². The molecule has 0 aliphatic carbocycles. The van der Waals surface area contributed by atoms with E-state index < -0.39 is 0 Å². The quantitative estimate of drug-likeness (QED) is 0.495. The molecule has 0 radical (unpaired) electrons. The average molecular weight is 126 g/mol. The fourth-order valence-corrected chi connectivity index (χ4v) is 0.713. The lowest BCUT2D eigenvalue weighted by Gasteiger charge is -2.07. The standard InChI is InChI=1S/C7H10O2/c1-8-6-7-2-4-9-5-3-7/h2,4,6H,3,5H2,1H3/b7-6+. The van der Waals surface area contributed by atoms with E-state index >= 15 is 0 Å². The summed E-state index contributed by atoms with van der Waals surface area (Å²) in [7, 11) is 1.65. The molecule has 1 aliphatic rings. The number of ether oxygens (including phenoxy) is 2. The Bertz CT molecular complexity index is 136. The fourth-order valence-electron chi connectivity index (χ4n) is 0.713. The molecule has 1 rings (SSSR count). The monoisotopic (exact) mass is 126 g/mol. The second-order valence-corrected chi connectivity index (χ2v) is 1.85. The Balaban J connectivity index is 2.49. The second-order valence-electron chi connectivity index (χ2n) is 1.85. The molecule has 2 heteroatoms. The number of methoxy groups -OCH3 is 1. The first-order valence-corrected chi connectivity index (χ1v) is 2.93. The molecule has 0 aromatic heterocycles. The third-order valence-corrected chi connectivity index (χ3v) is 1.16. The molecule has 0 saturated carbocycles. The average Bonchev–Trinajstić information content (AvgIpc) is 1.91. The van der Waals surface area contributed by atoms with E-state index in [9.17, 15) is 0 Å². The van der Waals surface area contributed by atoms with E-state index in [0.29, 0.717) is 0 Å². The van der Waals surface area contributed by atoms with Gasteiger partial charge < -0.3 is 9.47 Å². The maximum absolute atomic E-state index is 4.97. The van der Waals surface area contributed by atoms with Crippen molar-refractivity contribution in [1.29, 1.82) is 0 Å². The topological polar surface area (TPSA) is 18.5 Å². The third kappa shape index (κ3) is 1.80. The van der Waals surface area contributed by atoms with Crippen LogP contribution in [0.3, 0.4) is 0 Å². The van der Waals surface area contributed by atoms with Gasteiger partial charge in [0.25, 0.3) is 0 Å². The van der Waals surface area contributed by atoms with Crippen molar-refractivity contribution in [2.75, 3.05) is 13.7 Å². The van der Waals surface area contributed by atoms with Gasteiger partial charge in [0.15, 0.2) is 0 Å². The van der Waals surface area contributed by atoms with Crippen molar-refractivity contribution < 1.29 is 9.47 Å². The number of hydrogen-bond acceptors (Lipinski definition) is 2. The van der Waals surface area contributed by atoms with E-state index in [2.05, 4.69) is 0 Å². The summed E-state index contributed by atoms with van der Waals surface area (Å²) >= 11 is 0. The molecule has 0 unspecified atom stereocenters. The van der Waals surface area contributed by atoms with Crippen molar-refractivity contribution in [1.82, 2.24) is 0 Å². The molecule has 0 aromatic rings. The van der Waals surface area contributed by atoms with Gasteiger partial charge in [0.1, 0.15) is 0 Å². The predicted molar refractivity (Wildman–Crippen MR) is 34.8 cm³/mol. The molecule has 0 bridgehead atoms. The van der Waals surface area contributed by atoms with Crippen molar-refractivity contribution in [2.45, 2.75) is 6.42 Å². The summed E-state index contributed by atoms with van der Waals surface area (Å²) in [5, 5.41) is 0. The third-order valence-electron chi connectivity index (χ3n) is 1.16. The van der Waals surface area contributed by atoms with Crippen LogP contribution >= 0.6 is 0 Å². The van der Waals surface area contributed by atoms with Crippen LogP contribution in [0.1, 0.15) is 6.42 Å². The molecule has 9 heavy (non-hydrogen) atoms. The van der Waals surface area contributed by atoms with Crippen LogP contribution in [0.25, 0.3) is 0 Å². The molecule has 50 valence electrons. The summed E-state index contributed by atoms with van der Waals surface area (Å²) in [4.78, 5) is 0. The predicted octanol–water partition coefficient (Wildman–Crippen LogP) is 1.45. The van der Waals surface area contributed by atoms with Crippen LogP contribution in [-0.4, -0.2) is 13.7 Å².